The Labute approximate surface area is 113 Å². The third kappa shape index (κ3) is 4.54. The number of hydrogen-bond donors (Lipinski definition) is 3. The Morgan fingerprint density at radius 2 is 2.21 bits per heavy atom. The summed E-state index contributed by atoms with van der Waals surface area (Å²) in [6.45, 7) is 4.10. The van der Waals surface area contributed by atoms with Crippen LogP contribution in [-0.2, 0) is 4.74 Å². The Balaban J connectivity index is 2.63. The van der Waals surface area contributed by atoms with E-state index in [1.54, 1.807) is 26.2 Å². The molecule has 0 saturated heterocycles. The van der Waals surface area contributed by atoms with Crippen molar-refractivity contribution < 1.29 is 14.6 Å². The first-order valence-corrected chi connectivity index (χ1v) is 6.22. The summed E-state index contributed by atoms with van der Waals surface area (Å²) < 4.78 is 4.91. The molecular weight excluding hydrogens is 244 g/mol. The van der Waals surface area contributed by atoms with Crippen molar-refractivity contribution in [3.8, 4) is 0 Å². The van der Waals surface area contributed by atoms with Gasteiger partial charge in [-0.2, -0.15) is 0 Å². The number of nitrogens with two attached hydrogens (primary N) is 1. The Kier molecular flexibility index (Phi) is 5.32. The van der Waals surface area contributed by atoms with Crippen LogP contribution in [0.5, 0.6) is 0 Å². The van der Waals surface area contributed by atoms with Crippen molar-refractivity contribution in [2.75, 3.05) is 26.0 Å². The van der Waals surface area contributed by atoms with Crippen LogP contribution >= 0.6 is 0 Å². The number of hydrogen-bond acceptors (Lipinski definition) is 4. The average molecular weight is 266 g/mol. The van der Waals surface area contributed by atoms with E-state index in [1.807, 2.05) is 13.0 Å². The molecule has 0 fully saturated rings. The van der Waals surface area contributed by atoms with Crippen LogP contribution < -0.4 is 11.1 Å². The lowest BCUT2D eigenvalue weighted by atomic mass is 10.0. The van der Waals surface area contributed by atoms with E-state index >= 15 is 0 Å². The molecule has 5 heteroatoms. The number of rotatable bonds is 6. The summed E-state index contributed by atoms with van der Waals surface area (Å²) >= 11 is 0. The lowest BCUT2D eigenvalue weighted by Gasteiger charge is -2.23. The van der Waals surface area contributed by atoms with E-state index in [9.17, 15) is 9.90 Å². The fourth-order valence-electron chi connectivity index (χ4n) is 1.65. The Morgan fingerprint density at radius 1 is 1.53 bits per heavy atom. The monoisotopic (exact) mass is 266 g/mol. The number of benzene rings is 1. The largest absolute Gasteiger partial charge is 0.398 e. The van der Waals surface area contributed by atoms with Gasteiger partial charge in [0.15, 0.2) is 0 Å². The smallest absolute Gasteiger partial charge is 0.253 e. The maximum Gasteiger partial charge on any atom is 0.253 e. The molecule has 1 unspecified atom stereocenters. The standard InChI is InChI=1S/C14H22N2O3/c1-10-5-4-6-11(12(10)15)13(17)16-9-14(2,18)7-8-19-3/h4-6,18H,7-9,15H2,1-3H3,(H,16,17). The Morgan fingerprint density at radius 3 is 2.84 bits per heavy atom. The molecule has 0 spiro atoms. The normalized spacial score (nSPS) is 13.9. The van der Waals surface area contributed by atoms with Crippen LogP contribution in [0.15, 0.2) is 18.2 Å². The summed E-state index contributed by atoms with van der Waals surface area (Å²) in [5.74, 6) is -0.279. The van der Waals surface area contributed by atoms with Gasteiger partial charge in [-0.1, -0.05) is 12.1 Å². The fraction of sp³-hybridized carbons (Fsp3) is 0.500. The van der Waals surface area contributed by atoms with Gasteiger partial charge in [-0.3, -0.25) is 4.79 Å². The van der Waals surface area contributed by atoms with Crippen molar-refractivity contribution in [2.45, 2.75) is 25.9 Å². The molecule has 0 bridgehead atoms. The summed E-state index contributed by atoms with van der Waals surface area (Å²) in [6.07, 6.45) is 0.451. The highest BCUT2D eigenvalue weighted by Crippen LogP contribution is 2.16. The van der Waals surface area contributed by atoms with Gasteiger partial charge < -0.3 is 20.9 Å². The number of methoxy groups -OCH3 is 1. The first-order chi connectivity index (χ1) is 8.87. The maximum absolute atomic E-state index is 12.0. The van der Waals surface area contributed by atoms with Gasteiger partial charge in [0.25, 0.3) is 5.91 Å². The molecular formula is C14H22N2O3. The number of carbonyl (C=O) groups excluding carboxylic acids is 1. The van der Waals surface area contributed by atoms with Crippen LogP contribution in [0.25, 0.3) is 0 Å². The molecule has 1 aromatic rings. The minimum Gasteiger partial charge on any atom is -0.398 e. The van der Waals surface area contributed by atoms with Gasteiger partial charge in [-0.25, -0.2) is 0 Å². The van der Waals surface area contributed by atoms with Gasteiger partial charge in [0.05, 0.1) is 11.2 Å². The first-order valence-electron chi connectivity index (χ1n) is 6.22. The SMILES string of the molecule is COCCC(C)(O)CNC(=O)c1cccc(C)c1N. The van der Waals surface area contributed by atoms with Crippen LogP contribution in [0, 0.1) is 6.92 Å². The molecule has 0 aromatic heterocycles. The summed E-state index contributed by atoms with van der Waals surface area (Å²) in [5.41, 5.74) is 6.63. The zero-order valence-corrected chi connectivity index (χ0v) is 11.7. The molecule has 0 radical (unpaired) electrons. The number of nitrogens with one attached hydrogen (secondary N) is 1. The molecule has 4 N–H and O–H groups in total. The molecule has 0 heterocycles. The van der Waals surface area contributed by atoms with Crippen molar-refractivity contribution in [1.29, 1.82) is 0 Å². The molecule has 1 aromatic carbocycles. The van der Waals surface area contributed by atoms with Crippen LogP contribution in [-0.4, -0.2) is 36.9 Å². The number of para-hydroxylation sites is 1. The van der Waals surface area contributed by atoms with E-state index in [0.717, 1.165) is 5.56 Å². The minimum absolute atomic E-state index is 0.155. The zero-order valence-electron chi connectivity index (χ0n) is 11.7. The molecule has 0 aliphatic heterocycles. The second-order valence-electron chi connectivity index (χ2n) is 4.96. The van der Waals surface area contributed by atoms with Crippen LogP contribution in [0.4, 0.5) is 5.69 Å². The third-order valence-electron chi connectivity index (χ3n) is 3.04. The molecule has 19 heavy (non-hydrogen) atoms. The van der Waals surface area contributed by atoms with Crippen molar-refractivity contribution in [3.05, 3.63) is 29.3 Å². The number of aliphatic hydroxyl groups is 1. The summed E-state index contributed by atoms with van der Waals surface area (Å²) in [4.78, 5) is 12.0. The van der Waals surface area contributed by atoms with E-state index < -0.39 is 5.60 Å². The van der Waals surface area contributed by atoms with Crippen molar-refractivity contribution in [3.63, 3.8) is 0 Å². The molecule has 0 aliphatic rings. The first kappa shape index (κ1) is 15.5. The number of ether oxygens (including phenoxy) is 1. The van der Waals surface area contributed by atoms with E-state index in [0.29, 0.717) is 24.3 Å². The van der Waals surface area contributed by atoms with Crippen molar-refractivity contribution in [1.82, 2.24) is 5.32 Å². The van der Waals surface area contributed by atoms with Crippen LogP contribution in [0.2, 0.25) is 0 Å². The molecule has 1 amide bonds. The highest BCUT2D eigenvalue weighted by molar-refractivity contribution is 5.99. The van der Waals surface area contributed by atoms with Gasteiger partial charge in [-0.05, 0) is 25.5 Å². The summed E-state index contributed by atoms with van der Waals surface area (Å²) in [7, 11) is 1.57. The second kappa shape index (κ2) is 6.54. The van der Waals surface area contributed by atoms with Crippen molar-refractivity contribution in [2.24, 2.45) is 0 Å². The highest BCUT2D eigenvalue weighted by atomic mass is 16.5. The van der Waals surface area contributed by atoms with E-state index in [2.05, 4.69) is 5.32 Å². The number of nitrogen functional groups attached to an aromatic ring is 1. The number of carbonyl (C=O) groups is 1. The second-order valence-corrected chi connectivity index (χ2v) is 4.96. The van der Waals surface area contributed by atoms with Crippen LogP contribution in [0.1, 0.15) is 29.3 Å². The molecule has 106 valence electrons. The Bertz CT molecular complexity index is 444. The fourth-order valence-corrected chi connectivity index (χ4v) is 1.65. The predicted octanol–water partition coefficient (Wildman–Crippen LogP) is 1.09. The van der Waals surface area contributed by atoms with Gasteiger partial charge in [0, 0.05) is 32.4 Å². The van der Waals surface area contributed by atoms with E-state index in [1.165, 1.54) is 0 Å². The average Bonchev–Trinajstić information content (AvgIpc) is 2.37. The minimum atomic E-state index is -0.996. The molecule has 1 atom stereocenters. The number of amides is 1. The van der Waals surface area contributed by atoms with Gasteiger partial charge in [0.1, 0.15) is 0 Å². The lowest BCUT2D eigenvalue weighted by Crippen LogP contribution is -2.41. The molecule has 0 saturated carbocycles. The van der Waals surface area contributed by atoms with E-state index in [4.69, 9.17) is 10.5 Å². The molecule has 5 nitrogen and oxygen atoms in total. The van der Waals surface area contributed by atoms with Gasteiger partial charge >= 0.3 is 0 Å². The van der Waals surface area contributed by atoms with Crippen molar-refractivity contribution >= 4 is 11.6 Å². The maximum atomic E-state index is 12.0. The topological polar surface area (TPSA) is 84.6 Å². The Hall–Kier alpha value is -1.59. The summed E-state index contributed by atoms with van der Waals surface area (Å²) in [6, 6.07) is 5.30. The quantitative estimate of drug-likeness (QED) is 0.673. The lowest BCUT2D eigenvalue weighted by molar-refractivity contribution is 0.0244. The third-order valence-corrected chi connectivity index (χ3v) is 3.04. The van der Waals surface area contributed by atoms with Crippen LogP contribution in [0.3, 0.4) is 0 Å². The van der Waals surface area contributed by atoms with E-state index in [-0.39, 0.29) is 12.5 Å². The predicted molar refractivity (Wildman–Crippen MR) is 75.0 cm³/mol. The van der Waals surface area contributed by atoms with Gasteiger partial charge in [0.2, 0.25) is 0 Å². The van der Waals surface area contributed by atoms with Gasteiger partial charge in [-0.15, -0.1) is 0 Å². The zero-order chi connectivity index (χ0) is 14.5. The summed E-state index contributed by atoms with van der Waals surface area (Å²) in [5, 5.41) is 12.7. The molecule has 1 rings (SSSR count). The highest BCUT2D eigenvalue weighted by Gasteiger charge is 2.21. The number of aryl methyl sites for hydroxylation is 1. The molecule has 0 aliphatic carbocycles. The number of anilines is 1.